The van der Waals surface area contributed by atoms with E-state index in [0.29, 0.717) is 5.56 Å². The molecule has 0 aromatic carbocycles. The molecule has 0 unspecified atom stereocenters. The maximum absolute atomic E-state index is 12.5. The topological polar surface area (TPSA) is 57.6 Å². The van der Waals surface area contributed by atoms with Gasteiger partial charge in [-0.25, -0.2) is 4.79 Å². The van der Waals surface area contributed by atoms with Crippen molar-refractivity contribution in [1.82, 2.24) is 4.90 Å². The molecule has 1 aromatic heterocycles. The van der Waals surface area contributed by atoms with Gasteiger partial charge in [-0.1, -0.05) is 13.8 Å². The molecule has 1 amide bonds. The molecule has 0 aliphatic carbocycles. The van der Waals surface area contributed by atoms with Gasteiger partial charge in [0.25, 0.3) is 5.91 Å². The molecule has 1 N–H and O–H groups in total. The molecule has 21 heavy (non-hydrogen) atoms. The Kier molecular flexibility index (Phi) is 4.83. The van der Waals surface area contributed by atoms with Crippen molar-refractivity contribution in [3.8, 4) is 0 Å². The van der Waals surface area contributed by atoms with Gasteiger partial charge in [0.1, 0.15) is 0 Å². The lowest BCUT2D eigenvalue weighted by atomic mass is 9.82. The summed E-state index contributed by atoms with van der Waals surface area (Å²) in [4.78, 5) is 25.7. The average Bonchev–Trinajstić information content (AvgIpc) is 3.12. The van der Waals surface area contributed by atoms with Crippen molar-refractivity contribution in [3.05, 3.63) is 28.0 Å². The molecule has 2 rings (SSSR count). The van der Waals surface area contributed by atoms with Gasteiger partial charge >= 0.3 is 5.97 Å². The summed E-state index contributed by atoms with van der Waals surface area (Å²) in [6.07, 6.45) is 5.89. The van der Waals surface area contributed by atoms with Gasteiger partial charge in [-0.05, 0) is 36.8 Å². The third kappa shape index (κ3) is 3.53. The summed E-state index contributed by atoms with van der Waals surface area (Å²) in [5.74, 6) is -0.920. The number of nitrogens with zero attached hydrogens (tertiary/aromatic N) is 1. The average molecular weight is 307 g/mol. The second-order valence-electron chi connectivity index (χ2n) is 5.59. The summed E-state index contributed by atoms with van der Waals surface area (Å²) in [7, 11) is 0. The van der Waals surface area contributed by atoms with Crippen LogP contribution in [0.3, 0.4) is 0 Å². The zero-order valence-corrected chi connectivity index (χ0v) is 13.3. The number of likely N-dealkylation sites (tertiary alicyclic amines) is 1. The van der Waals surface area contributed by atoms with Crippen molar-refractivity contribution in [1.29, 1.82) is 0 Å². The summed E-state index contributed by atoms with van der Waals surface area (Å²) in [6, 6.07) is 1.77. The molecular weight excluding hydrogens is 286 g/mol. The third-order valence-electron chi connectivity index (χ3n) is 4.48. The summed E-state index contributed by atoms with van der Waals surface area (Å²) in [5.41, 5.74) is 0.936. The van der Waals surface area contributed by atoms with Crippen LogP contribution in [-0.4, -0.2) is 35.0 Å². The van der Waals surface area contributed by atoms with E-state index in [1.807, 2.05) is 10.3 Å². The molecule has 1 aliphatic rings. The van der Waals surface area contributed by atoms with E-state index in [4.69, 9.17) is 5.11 Å². The van der Waals surface area contributed by atoms with Crippen molar-refractivity contribution >= 4 is 29.3 Å². The van der Waals surface area contributed by atoms with Crippen LogP contribution in [0.4, 0.5) is 0 Å². The molecular formula is C16H21NO3S. The van der Waals surface area contributed by atoms with Crippen molar-refractivity contribution in [2.75, 3.05) is 13.1 Å². The zero-order chi connectivity index (χ0) is 15.5. The molecule has 0 spiro atoms. The van der Waals surface area contributed by atoms with Gasteiger partial charge in [-0.15, -0.1) is 11.3 Å². The lowest BCUT2D eigenvalue weighted by molar-refractivity contribution is -0.131. The van der Waals surface area contributed by atoms with Crippen LogP contribution in [0.15, 0.2) is 17.5 Å². The highest BCUT2D eigenvalue weighted by molar-refractivity contribution is 7.11. The predicted octanol–water partition coefficient (Wildman–Crippen LogP) is 3.50. The van der Waals surface area contributed by atoms with E-state index >= 15 is 0 Å². The number of aliphatic carboxylic acids is 1. The van der Waals surface area contributed by atoms with Crippen LogP contribution in [0.2, 0.25) is 0 Å². The molecule has 0 radical (unpaired) electrons. The number of thiophene rings is 1. The van der Waals surface area contributed by atoms with Gasteiger partial charge < -0.3 is 10.0 Å². The Labute approximate surface area is 129 Å². The summed E-state index contributed by atoms with van der Waals surface area (Å²) in [5, 5.41) is 10.4. The van der Waals surface area contributed by atoms with Gasteiger partial charge in [0, 0.05) is 29.4 Å². The minimum Gasteiger partial charge on any atom is -0.478 e. The normalized spacial score (nSPS) is 17.5. The molecule has 1 fully saturated rings. The van der Waals surface area contributed by atoms with Gasteiger partial charge in [-0.3, -0.25) is 4.79 Å². The van der Waals surface area contributed by atoms with Gasteiger partial charge in [-0.2, -0.15) is 0 Å². The molecule has 1 saturated heterocycles. The first kappa shape index (κ1) is 15.8. The number of hydrogen-bond donors (Lipinski definition) is 1. The lowest BCUT2D eigenvalue weighted by Crippen LogP contribution is -2.31. The van der Waals surface area contributed by atoms with E-state index in [2.05, 4.69) is 13.8 Å². The molecule has 2 heterocycles. The first-order valence-corrected chi connectivity index (χ1v) is 8.16. The van der Waals surface area contributed by atoms with Crippen LogP contribution in [0.1, 0.15) is 48.3 Å². The zero-order valence-electron chi connectivity index (χ0n) is 12.5. The number of carbonyl (C=O) groups is 2. The highest BCUT2D eigenvalue weighted by Crippen LogP contribution is 2.37. The fraction of sp³-hybridized carbons (Fsp3) is 0.500. The van der Waals surface area contributed by atoms with E-state index in [9.17, 15) is 9.59 Å². The number of carbonyl (C=O) groups excluding carboxylic acids is 1. The summed E-state index contributed by atoms with van der Waals surface area (Å²) in [6.45, 7) is 6.03. The van der Waals surface area contributed by atoms with E-state index in [-0.39, 0.29) is 11.3 Å². The highest BCUT2D eigenvalue weighted by atomic mass is 32.1. The summed E-state index contributed by atoms with van der Waals surface area (Å²) >= 11 is 1.39. The Morgan fingerprint density at radius 2 is 2.14 bits per heavy atom. The minimum atomic E-state index is -0.980. The monoisotopic (exact) mass is 307 g/mol. The standard InChI is InChI=1S/C16H21NO3S/c1-3-16(4-2)7-8-17(11-16)15(20)12-9-13(21-10-12)5-6-14(18)19/h5-6,9-10H,3-4,7-8,11H2,1-2H3,(H,18,19)/b6-5+. The number of carboxylic acids is 1. The fourth-order valence-corrected chi connectivity index (χ4v) is 3.60. The van der Waals surface area contributed by atoms with Crippen molar-refractivity contribution in [3.63, 3.8) is 0 Å². The first-order chi connectivity index (χ1) is 9.99. The van der Waals surface area contributed by atoms with Gasteiger partial charge in [0.05, 0.1) is 5.56 Å². The maximum atomic E-state index is 12.5. The van der Waals surface area contributed by atoms with E-state index < -0.39 is 5.97 Å². The summed E-state index contributed by atoms with van der Waals surface area (Å²) < 4.78 is 0. The number of amides is 1. The Morgan fingerprint density at radius 1 is 1.43 bits per heavy atom. The maximum Gasteiger partial charge on any atom is 0.328 e. The number of hydrogen-bond acceptors (Lipinski definition) is 3. The fourth-order valence-electron chi connectivity index (χ4n) is 2.82. The third-order valence-corrected chi connectivity index (χ3v) is 5.38. The van der Waals surface area contributed by atoms with Crippen LogP contribution in [0, 0.1) is 5.41 Å². The van der Waals surface area contributed by atoms with Crippen molar-refractivity contribution in [2.24, 2.45) is 5.41 Å². The number of rotatable bonds is 5. The van der Waals surface area contributed by atoms with Crippen LogP contribution in [0.5, 0.6) is 0 Å². The molecule has 0 atom stereocenters. The van der Waals surface area contributed by atoms with Crippen LogP contribution in [0.25, 0.3) is 6.08 Å². The van der Waals surface area contributed by atoms with Crippen molar-refractivity contribution in [2.45, 2.75) is 33.1 Å². The molecule has 5 heteroatoms. The van der Waals surface area contributed by atoms with Crippen LogP contribution < -0.4 is 0 Å². The molecule has 1 aromatic rings. The smallest absolute Gasteiger partial charge is 0.328 e. The van der Waals surface area contributed by atoms with Crippen LogP contribution in [-0.2, 0) is 4.79 Å². The Bertz CT molecular complexity index is 558. The SMILES string of the molecule is CCC1(CC)CCN(C(=O)c2csc(/C=C/C(=O)O)c2)C1. The first-order valence-electron chi connectivity index (χ1n) is 7.28. The van der Waals surface area contributed by atoms with E-state index in [1.165, 1.54) is 17.4 Å². The Morgan fingerprint density at radius 3 is 2.71 bits per heavy atom. The van der Waals surface area contributed by atoms with Gasteiger partial charge in [0.15, 0.2) is 0 Å². The second kappa shape index (κ2) is 6.43. The highest BCUT2D eigenvalue weighted by Gasteiger charge is 2.37. The second-order valence-corrected chi connectivity index (χ2v) is 6.54. The molecule has 0 saturated carbocycles. The Balaban J connectivity index is 2.06. The molecule has 0 bridgehead atoms. The quantitative estimate of drug-likeness (QED) is 0.847. The Hall–Kier alpha value is -1.62. The predicted molar refractivity (Wildman–Crippen MR) is 84.5 cm³/mol. The van der Waals surface area contributed by atoms with Crippen molar-refractivity contribution < 1.29 is 14.7 Å². The van der Waals surface area contributed by atoms with E-state index in [0.717, 1.165) is 43.3 Å². The van der Waals surface area contributed by atoms with Gasteiger partial charge in [0.2, 0.25) is 0 Å². The molecule has 4 nitrogen and oxygen atoms in total. The number of carboxylic acid groups (broad SMARTS) is 1. The largest absolute Gasteiger partial charge is 0.478 e. The molecule has 114 valence electrons. The molecule has 1 aliphatic heterocycles. The minimum absolute atomic E-state index is 0.0602. The van der Waals surface area contributed by atoms with Crippen LogP contribution >= 0.6 is 11.3 Å². The van der Waals surface area contributed by atoms with E-state index in [1.54, 1.807) is 6.07 Å². The lowest BCUT2D eigenvalue weighted by Gasteiger charge is -2.26.